The summed E-state index contributed by atoms with van der Waals surface area (Å²) in [6, 6.07) is 2.58. The van der Waals surface area contributed by atoms with Gasteiger partial charge in [-0.1, -0.05) is 11.6 Å². The zero-order valence-corrected chi connectivity index (χ0v) is 15.9. The predicted octanol–water partition coefficient (Wildman–Crippen LogP) is 2.52. The van der Waals surface area contributed by atoms with Crippen LogP contribution >= 0.6 is 11.6 Å². The molecular weight excluding hydrogens is 376 g/mol. The van der Waals surface area contributed by atoms with Crippen LogP contribution in [0.5, 0.6) is 0 Å². The van der Waals surface area contributed by atoms with E-state index < -0.39 is 16.5 Å². The number of nitrogens with zero attached hydrogens (tertiary/aromatic N) is 4. The number of nitro benzene ring substituents is 1. The van der Waals surface area contributed by atoms with Crippen molar-refractivity contribution >= 4 is 28.9 Å². The summed E-state index contributed by atoms with van der Waals surface area (Å²) in [5, 5.41) is 15.9. The van der Waals surface area contributed by atoms with Crippen molar-refractivity contribution in [1.82, 2.24) is 9.78 Å². The highest BCUT2D eigenvalue weighted by Gasteiger charge is 2.37. The number of hydrogen-bond donors (Lipinski definition) is 0. The largest absolute Gasteiger partial charge is 0.465 e. The zero-order chi connectivity index (χ0) is 19.8. The van der Waals surface area contributed by atoms with Gasteiger partial charge < -0.3 is 14.4 Å². The molecule has 0 radical (unpaired) electrons. The van der Waals surface area contributed by atoms with Gasteiger partial charge >= 0.3 is 5.97 Å². The number of morpholine rings is 1. The zero-order valence-electron chi connectivity index (χ0n) is 15.1. The molecule has 1 aliphatic rings. The lowest BCUT2D eigenvalue weighted by Gasteiger charge is -2.41. The van der Waals surface area contributed by atoms with Crippen LogP contribution < -0.4 is 4.90 Å². The van der Waals surface area contributed by atoms with Gasteiger partial charge in [-0.3, -0.25) is 14.8 Å². The number of ether oxygens (including phenoxy) is 2. The number of aromatic nitrogens is 2. The van der Waals surface area contributed by atoms with Gasteiger partial charge in [0.25, 0.3) is 5.69 Å². The molecule has 2 heterocycles. The molecule has 0 N–H and O–H groups in total. The number of esters is 1. The molecule has 0 bridgehead atoms. The van der Waals surface area contributed by atoms with Gasteiger partial charge in [-0.25, -0.2) is 4.79 Å². The van der Waals surface area contributed by atoms with E-state index in [-0.39, 0.29) is 16.3 Å². The molecule has 0 spiro atoms. The molecule has 1 atom stereocenters. The lowest BCUT2D eigenvalue weighted by molar-refractivity contribution is -0.384. The van der Waals surface area contributed by atoms with Crippen LogP contribution in [-0.4, -0.2) is 47.5 Å². The molecule has 10 heteroatoms. The van der Waals surface area contributed by atoms with Crippen LogP contribution in [0, 0.1) is 10.1 Å². The molecule has 1 aromatic carbocycles. The van der Waals surface area contributed by atoms with E-state index in [1.54, 1.807) is 10.9 Å². The van der Waals surface area contributed by atoms with Gasteiger partial charge in [0.15, 0.2) is 0 Å². The lowest BCUT2D eigenvalue weighted by atomic mass is 9.96. The van der Waals surface area contributed by atoms with Gasteiger partial charge in [0.05, 0.1) is 42.0 Å². The number of benzene rings is 1. The number of carbonyl (C=O) groups is 1. The van der Waals surface area contributed by atoms with Crippen molar-refractivity contribution < 1.29 is 19.2 Å². The molecule has 144 valence electrons. The van der Waals surface area contributed by atoms with Gasteiger partial charge in [0, 0.05) is 31.4 Å². The molecule has 1 unspecified atom stereocenters. The van der Waals surface area contributed by atoms with E-state index in [0.717, 1.165) is 11.6 Å². The third-order valence-corrected chi connectivity index (χ3v) is 4.91. The fourth-order valence-electron chi connectivity index (χ4n) is 3.16. The molecule has 0 saturated carbocycles. The first-order valence-electron chi connectivity index (χ1n) is 8.19. The summed E-state index contributed by atoms with van der Waals surface area (Å²) in [5.41, 5.74) is 0.257. The topological polar surface area (TPSA) is 99.7 Å². The molecule has 9 nitrogen and oxygen atoms in total. The fourth-order valence-corrected chi connectivity index (χ4v) is 3.40. The lowest BCUT2D eigenvalue weighted by Crippen LogP contribution is -2.48. The molecule has 27 heavy (non-hydrogen) atoms. The summed E-state index contributed by atoms with van der Waals surface area (Å²) in [4.78, 5) is 24.7. The highest BCUT2D eigenvalue weighted by molar-refractivity contribution is 6.34. The van der Waals surface area contributed by atoms with Crippen LogP contribution in [0.4, 0.5) is 11.4 Å². The van der Waals surface area contributed by atoms with Crippen LogP contribution in [0.25, 0.3) is 0 Å². The van der Waals surface area contributed by atoms with Crippen LogP contribution in [0.3, 0.4) is 0 Å². The third-order valence-electron chi connectivity index (χ3n) is 4.60. The Hall–Kier alpha value is -2.65. The Bertz CT molecular complexity index is 899. The maximum absolute atomic E-state index is 11.8. The van der Waals surface area contributed by atoms with E-state index in [4.69, 9.17) is 16.3 Å². The number of rotatable bonds is 4. The Kier molecular flexibility index (Phi) is 5.07. The molecule has 1 fully saturated rings. The van der Waals surface area contributed by atoms with Crippen LogP contribution in [0.15, 0.2) is 24.5 Å². The summed E-state index contributed by atoms with van der Waals surface area (Å²) in [6.45, 7) is 3.10. The molecule has 1 aromatic heterocycles. The van der Waals surface area contributed by atoms with Crippen LogP contribution in [0.1, 0.15) is 22.8 Å². The third kappa shape index (κ3) is 3.60. The van der Waals surface area contributed by atoms with E-state index in [9.17, 15) is 14.9 Å². The van der Waals surface area contributed by atoms with Crippen molar-refractivity contribution in [1.29, 1.82) is 0 Å². The van der Waals surface area contributed by atoms with Gasteiger partial charge in [-0.05, 0) is 13.0 Å². The average Bonchev–Trinajstić information content (AvgIpc) is 3.08. The second-order valence-electron chi connectivity index (χ2n) is 6.47. The SMILES string of the molecule is COC(=O)c1cc([N+](=O)[O-])c(N2CCOC(C)(c3cnn(C)c3)C2)cc1Cl. The second kappa shape index (κ2) is 7.16. The Morgan fingerprint density at radius 2 is 2.22 bits per heavy atom. The fraction of sp³-hybridized carbons (Fsp3) is 0.412. The Morgan fingerprint density at radius 3 is 2.81 bits per heavy atom. The molecular formula is C17H19ClN4O5. The maximum atomic E-state index is 11.8. The standard InChI is InChI=1S/C17H19ClN4O5/c1-17(11-8-19-20(2)9-11)10-21(4-5-27-17)14-7-13(18)12(16(23)26-3)6-15(14)22(24)25/h6-9H,4-5,10H2,1-3H3. The monoisotopic (exact) mass is 394 g/mol. The van der Waals surface area contributed by atoms with Gasteiger partial charge in [-0.2, -0.15) is 5.10 Å². The highest BCUT2D eigenvalue weighted by Crippen LogP contribution is 2.38. The molecule has 2 aromatic rings. The van der Waals surface area contributed by atoms with E-state index in [0.29, 0.717) is 25.4 Å². The summed E-state index contributed by atoms with van der Waals surface area (Å²) in [5.74, 6) is -0.725. The number of carbonyl (C=O) groups excluding carboxylic acids is 1. The summed E-state index contributed by atoms with van der Waals surface area (Å²) in [7, 11) is 3.00. The van der Waals surface area contributed by atoms with Crippen LogP contribution in [0.2, 0.25) is 5.02 Å². The smallest absolute Gasteiger partial charge is 0.339 e. The molecule has 1 saturated heterocycles. The van der Waals surface area contributed by atoms with Gasteiger partial charge in [0.1, 0.15) is 11.3 Å². The number of nitro groups is 1. The molecule has 0 aliphatic carbocycles. The Morgan fingerprint density at radius 1 is 1.48 bits per heavy atom. The van der Waals surface area contributed by atoms with E-state index in [1.165, 1.54) is 13.2 Å². The Balaban J connectivity index is 2.01. The minimum Gasteiger partial charge on any atom is -0.465 e. The molecule has 3 rings (SSSR count). The first kappa shape index (κ1) is 19.1. The van der Waals surface area contributed by atoms with Crippen molar-refractivity contribution in [3.05, 3.63) is 50.8 Å². The van der Waals surface area contributed by atoms with E-state index in [1.807, 2.05) is 25.1 Å². The van der Waals surface area contributed by atoms with E-state index in [2.05, 4.69) is 9.84 Å². The minimum absolute atomic E-state index is 0.0436. The normalized spacial score (nSPS) is 19.8. The first-order valence-corrected chi connectivity index (χ1v) is 8.57. The maximum Gasteiger partial charge on any atom is 0.339 e. The molecule has 0 amide bonds. The van der Waals surface area contributed by atoms with Crippen molar-refractivity contribution in [2.45, 2.75) is 12.5 Å². The Labute approximate surface area is 160 Å². The number of methoxy groups -OCH3 is 1. The van der Waals surface area contributed by atoms with Crippen molar-refractivity contribution in [2.75, 3.05) is 31.7 Å². The number of anilines is 1. The highest BCUT2D eigenvalue weighted by atomic mass is 35.5. The second-order valence-corrected chi connectivity index (χ2v) is 6.88. The van der Waals surface area contributed by atoms with Gasteiger partial charge in [0.2, 0.25) is 0 Å². The summed E-state index contributed by atoms with van der Waals surface area (Å²) in [6.07, 6.45) is 3.57. The van der Waals surface area contributed by atoms with Gasteiger partial charge in [-0.15, -0.1) is 0 Å². The van der Waals surface area contributed by atoms with Crippen LogP contribution in [-0.2, 0) is 22.1 Å². The van der Waals surface area contributed by atoms with Crippen molar-refractivity contribution in [3.63, 3.8) is 0 Å². The van der Waals surface area contributed by atoms with Crippen molar-refractivity contribution in [3.8, 4) is 0 Å². The van der Waals surface area contributed by atoms with Crippen molar-refractivity contribution in [2.24, 2.45) is 7.05 Å². The quantitative estimate of drug-likeness (QED) is 0.446. The summed E-state index contributed by atoms with van der Waals surface area (Å²) < 4.78 is 12.3. The molecule has 1 aliphatic heterocycles. The number of aryl methyl sites for hydroxylation is 1. The minimum atomic E-state index is -0.725. The predicted molar refractivity (Wildman–Crippen MR) is 98.2 cm³/mol. The number of halogens is 1. The summed E-state index contributed by atoms with van der Waals surface area (Å²) >= 11 is 6.20. The first-order chi connectivity index (χ1) is 12.7. The average molecular weight is 395 g/mol. The number of hydrogen-bond acceptors (Lipinski definition) is 7. The van der Waals surface area contributed by atoms with E-state index >= 15 is 0 Å².